The SMILES string of the molecule is CNC(=O)c1ncnc2c(C(C)CNc3cc(-c4ccc(C(=O)NCCC#N)nc4)ncn3)cccc12. The zero-order valence-electron chi connectivity index (χ0n) is 20.4. The van der Waals surface area contributed by atoms with E-state index in [1.54, 1.807) is 25.4 Å². The predicted molar refractivity (Wildman–Crippen MR) is 138 cm³/mol. The summed E-state index contributed by atoms with van der Waals surface area (Å²) in [6.07, 6.45) is 4.69. The summed E-state index contributed by atoms with van der Waals surface area (Å²) in [6, 6.07) is 12.9. The lowest BCUT2D eigenvalue weighted by Crippen LogP contribution is -2.25. The van der Waals surface area contributed by atoms with Crippen LogP contribution in [0.4, 0.5) is 5.82 Å². The third-order valence-corrected chi connectivity index (χ3v) is 5.74. The van der Waals surface area contributed by atoms with E-state index < -0.39 is 0 Å². The molecule has 0 radical (unpaired) electrons. The molecule has 0 aliphatic carbocycles. The zero-order valence-corrected chi connectivity index (χ0v) is 20.4. The number of rotatable bonds is 9. The monoisotopic (exact) mass is 495 g/mol. The molecule has 3 N–H and O–H groups in total. The van der Waals surface area contributed by atoms with Gasteiger partial charge in [-0.3, -0.25) is 14.6 Å². The standard InChI is InChI=1S/C26H25N9O2/c1-16(18-5-3-6-19-23(18)34-15-35-24(19)26(37)28-2)12-31-22-11-21(32-14-33-22)17-7-8-20(30-13-17)25(36)29-10-4-9-27/h3,5-8,11,13-16H,4,10,12H2,1-2H3,(H,28,37)(H,29,36)(H,31,32,33). The van der Waals surface area contributed by atoms with E-state index >= 15 is 0 Å². The molecule has 3 aromatic heterocycles. The molecule has 0 aliphatic rings. The Morgan fingerprint density at radius 2 is 1.86 bits per heavy atom. The van der Waals surface area contributed by atoms with Gasteiger partial charge in [0.2, 0.25) is 0 Å². The van der Waals surface area contributed by atoms with Crippen LogP contribution in [0.1, 0.15) is 45.8 Å². The highest BCUT2D eigenvalue weighted by atomic mass is 16.2. The molecule has 2 amide bonds. The van der Waals surface area contributed by atoms with Crippen molar-refractivity contribution in [2.75, 3.05) is 25.5 Å². The Hall–Kier alpha value is -4.98. The third kappa shape index (κ3) is 5.82. The maximum Gasteiger partial charge on any atom is 0.270 e. The minimum Gasteiger partial charge on any atom is -0.369 e. The van der Waals surface area contributed by atoms with Crippen LogP contribution in [0.2, 0.25) is 0 Å². The van der Waals surface area contributed by atoms with Gasteiger partial charge in [-0.15, -0.1) is 0 Å². The Morgan fingerprint density at radius 3 is 2.62 bits per heavy atom. The van der Waals surface area contributed by atoms with Gasteiger partial charge in [0, 0.05) is 49.3 Å². The molecular formula is C26H25N9O2. The summed E-state index contributed by atoms with van der Waals surface area (Å²) in [4.78, 5) is 45.7. The maximum atomic E-state index is 12.2. The second-order valence-corrected chi connectivity index (χ2v) is 8.21. The van der Waals surface area contributed by atoms with Crippen LogP contribution in [0.15, 0.2) is 55.2 Å². The summed E-state index contributed by atoms with van der Waals surface area (Å²) in [5.41, 5.74) is 3.72. The Balaban J connectivity index is 1.46. The maximum absolute atomic E-state index is 12.2. The van der Waals surface area contributed by atoms with E-state index in [4.69, 9.17) is 5.26 Å². The number of carbonyl (C=O) groups excluding carboxylic acids is 2. The summed E-state index contributed by atoms with van der Waals surface area (Å²) in [7, 11) is 1.57. The van der Waals surface area contributed by atoms with Crippen molar-refractivity contribution in [1.29, 1.82) is 5.26 Å². The summed E-state index contributed by atoms with van der Waals surface area (Å²) in [5.74, 6) is 0.0964. The third-order valence-electron chi connectivity index (χ3n) is 5.74. The molecule has 11 nitrogen and oxygen atoms in total. The van der Waals surface area contributed by atoms with Crippen LogP contribution in [0, 0.1) is 11.3 Å². The average Bonchev–Trinajstić information content (AvgIpc) is 2.95. The molecule has 4 aromatic rings. The lowest BCUT2D eigenvalue weighted by atomic mass is 9.97. The molecule has 0 bridgehead atoms. The van der Waals surface area contributed by atoms with E-state index in [1.165, 1.54) is 12.7 Å². The molecule has 0 spiro atoms. The molecule has 0 saturated carbocycles. The normalized spacial score (nSPS) is 11.4. The Bertz CT molecular complexity index is 1470. The molecular weight excluding hydrogens is 470 g/mol. The van der Waals surface area contributed by atoms with Crippen molar-refractivity contribution in [3.63, 3.8) is 0 Å². The fraction of sp³-hybridized carbons (Fsp3) is 0.231. The summed E-state index contributed by atoms with van der Waals surface area (Å²) < 4.78 is 0. The number of benzene rings is 1. The molecule has 37 heavy (non-hydrogen) atoms. The Morgan fingerprint density at radius 1 is 1.03 bits per heavy atom. The number of carbonyl (C=O) groups is 2. The first-order valence-corrected chi connectivity index (χ1v) is 11.6. The van der Waals surface area contributed by atoms with Gasteiger partial charge in [-0.2, -0.15) is 5.26 Å². The number of anilines is 1. The highest BCUT2D eigenvalue weighted by molar-refractivity contribution is 6.04. The van der Waals surface area contributed by atoms with Crippen molar-refractivity contribution in [1.82, 2.24) is 35.6 Å². The molecule has 186 valence electrons. The van der Waals surface area contributed by atoms with Crippen molar-refractivity contribution in [3.05, 3.63) is 72.2 Å². The lowest BCUT2D eigenvalue weighted by molar-refractivity contribution is 0.0945. The molecule has 1 atom stereocenters. The van der Waals surface area contributed by atoms with Crippen LogP contribution in [-0.2, 0) is 0 Å². The summed E-state index contributed by atoms with van der Waals surface area (Å²) in [5, 5.41) is 17.9. The van der Waals surface area contributed by atoms with Crippen molar-refractivity contribution < 1.29 is 9.59 Å². The Kier molecular flexibility index (Phi) is 7.90. The summed E-state index contributed by atoms with van der Waals surface area (Å²) >= 11 is 0. The molecule has 1 unspecified atom stereocenters. The first-order chi connectivity index (χ1) is 18.0. The quantitative estimate of drug-likeness (QED) is 0.297. The largest absolute Gasteiger partial charge is 0.369 e. The number of amides is 2. The van der Waals surface area contributed by atoms with Gasteiger partial charge in [-0.25, -0.2) is 19.9 Å². The Labute approximate surface area is 213 Å². The van der Waals surface area contributed by atoms with E-state index in [0.29, 0.717) is 29.1 Å². The molecule has 11 heteroatoms. The molecule has 3 heterocycles. The number of nitrogens with one attached hydrogen (secondary N) is 3. The molecule has 0 aliphatic heterocycles. The average molecular weight is 496 g/mol. The van der Waals surface area contributed by atoms with Gasteiger partial charge >= 0.3 is 0 Å². The van der Waals surface area contributed by atoms with Crippen LogP contribution in [0.5, 0.6) is 0 Å². The van der Waals surface area contributed by atoms with Gasteiger partial charge in [-0.1, -0.05) is 25.1 Å². The van der Waals surface area contributed by atoms with E-state index in [0.717, 1.165) is 16.6 Å². The van der Waals surface area contributed by atoms with Gasteiger partial charge in [0.15, 0.2) is 0 Å². The number of fused-ring (bicyclic) bond motifs is 1. The second-order valence-electron chi connectivity index (χ2n) is 8.21. The van der Waals surface area contributed by atoms with Gasteiger partial charge in [0.1, 0.15) is 29.9 Å². The smallest absolute Gasteiger partial charge is 0.270 e. The van der Waals surface area contributed by atoms with Crippen LogP contribution >= 0.6 is 0 Å². The van der Waals surface area contributed by atoms with E-state index in [1.807, 2.05) is 30.3 Å². The predicted octanol–water partition coefficient (Wildman–Crippen LogP) is 2.70. The number of para-hydroxylation sites is 1. The first-order valence-electron chi connectivity index (χ1n) is 11.6. The number of nitrogens with zero attached hydrogens (tertiary/aromatic N) is 6. The van der Waals surface area contributed by atoms with Crippen LogP contribution < -0.4 is 16.0 Å². The highest BCUT2D eigenvalue weighted by Gasteiger charge is 2.16. The highest BCUT2D eigenvalue weighted by Crippen LogP contribution is 2.26. The zero-order chi connectivity index (χ0) is 26.2. The number of hydrogen-bond donors (Lipinski definition) is 3. The number of hydrogen-bond acceptors (Lipinski definition) is 9. The van der Waals surface area contributed by atoms with Gasteiger partial charge < -0.3 is 16.0 Å². The van der Waals surface area contributed by atoms with Gasteiger partial charge in [0.25, 0.3) is 11.8 Å². The topological polar surface area (TPSA) is 158 Å². The number of nitriles is 1. The lowest BCUT2D eigenvalue weighted by Gasteiger charge is -2.16. The van der Waals surface area contributed by atoms with Crippen molar-refractivity contribution in [3.8, 4) is 17.3 Å². The fourth-order valence-corrected chi connectivity index (χ4v) is 3.79. The number of pyridine rings is 1. The second kappa shape index (κ2) is 11.6. The van der Waals surface area contributed by atoms with Crippen LogP contribution in [0.25, 0.3) is 22.2 Å². The van der Waals surface area contributed by atoms with Crippen molar-refractivity contribution in [2.45, 2.75) is 19.3 Å². The molecule has 0 saturated heterocycles. The van der Waals surface area contributed by atoms with Crippen molar-refractivity contribution >= 4 is 28.5 Å². The van der Waals surface area contributed by atoms with E-state index in [9.17, 15) is 9.59 Å². The summed E-state index contributed by atoms with van der Waals surface area (Å²) in [6.45, 7) is 2.91. The van der Waals surface area contributed by atoms with Gasteiger partial charge in [0.05, 0.1) is 23.7 Å². The van der Waals surface area contributed by atoms with Crippen molar-refractivity contribution in [2.24, 2.45) is 0 Å². The van der Waals surface area contributed by atoms with Crippen LogP contribution in [0.3, 0.4) is 0 Å². The minimum atomic E-state index is -0.331. The number of aromatic nitrogens is 5. The molecule has 4 rings (SSSR count). The minimum absolute atomic E-state index is 0.0510. The molecule has 1 aromatic carbocycles. The first kappa shape index (κ1) is 25.1. The van der Waals surface area contributed by atoms with Gasteiger partial charge in [-0.05, 0) is 17.7 Å². The van der Waals surface area contributed by atoms with Crippen LogP contribution in [-0.4, -0.2) is 56.9 Å². The van der Waals surface area contributed by atoms with E-state index in [-0.39, 0.29) is 36.4 Å². The van der Waals surface area contributed by atoms with E-state index in [2.05, 4.69) is 47.8 Å². The fourth-order valence-electron chi connectivity index (χ4n) is 3.79. The molecule has 0 fully saturated rings.